The van der Waals surface area contributed by atoms with Crippen molar-refractivity contribution < 1.29 is 0 Å². The minimum Gasteiger partial charge on any atom is -0.0530 e. The topological polar surface area (TPSA) is 0 Å². The van der Waals surface area contributed by atoms with Gasteiger partial charge in [-0.2, -0.15) is 0 Å². The average Bonchev–Trinajstić information content (AvgIpc) is 2.90. The van der Waals surface area contributed by atoms with Crippen LogP contribution in [0.15, 0.2) is 0 Å². The van der Waals surface area contributed by atoms with Crippen molar-refractivity contribution >= 4 is 0 Å². The quantitative estimate of drug-likeness (QED) is 0.338. The van der Waals surface area contributed by atoms with Gasteiger partial charge in [0, 0.05) is 0 Å². The van der Waals surface area contributed by atoms with Crippen LogP contribution in [0.4, 0.5) is 0 Å². The molecule has 16 atom stereocenters. The molecule has 188 valence electrons. The van der Waals surface area contributed by atoms with Crippen molar-refractivity contribution in [1.29, 1.82) is 0 Å². The molecule has 0 N–H and O–H groups in total. The Morgan fingerprint density at radius 3 is 1.03 bits per heavy atom. The zero-order valence-corrected chi connectivity index (χ0v) is 22.0. The van der Waals surface area contributed by atoms with E-state index in [0.717, 1.165) is 23.7 Å². The van der Waals surface area contributed by atoms with E-state index in [1.165, 1.54) is 71.0 Å². The highest BCUT2D eigenvalue weighted by Crippen LogP contribution is 2.72. The number of fused-ring (bicyclic) bond motifs is 6. The van der Waals surface area contributed by atoms with Gasteiger partial charge in [-0.1, -0.05) is 38.5 Å². The third kappa shape index (κ3) is 2.74. The van der Waals surface area contributed by atoms with Gasteiger partial charge >= 0.3 is 0 Å². The summed E-state index contributed by atoms with van der Waals surface area (Å²) in [5, 5.41) is 0. The van der Waals surface area contributed by atoms with Gasteiger partial charge in [-0.15, -0.1) is 0 Å². The molecule has 9 aliphatic carbocycles. The van der Waals surface area contributed by atoms with Crippen molar-refractivity contribution in [1.82, 2.24) is 0 Å². The highest BCUT2D eigenvalue weighted by atomic mass is 14.7. The van der Waals surface area contributed by atoms with Crippen molar-refractivity contribution in [2.75, 3.05) is 0 Å². The third-order valence-corrected chi connectivity index (χ3v) is 15.7. The molecule has 0 heterocycles. The van der Waals surface area contributed by atoms with E-state index in [2.05, 4.69) is 0 Å². The molecular formula is C34H52. The maximum absolute atomic E-state index is 1.68. The average molecular weight is 461 g/mol. The van der Waals surface area contributed by atoms with Gasteiger partial charge in [0.15, 0.2) is 0 Å². The van der Waals surface area contributed by atoms with E-state index in [4.69, 9.17) is 0 Å². The predicted octanol–water partition coefficient (Wildman–Crippen LogP) is 8.99. The summed E-state index contributed by atoms with van der Waals surface area (Å²) in [5.74, 6) is 18.8. The molecule has 0 aromatic carbocycles. The lowest BCUT2D eigenvalue weighted by atomic mass is 9.35. The molecule has 0 heteroatoms. The predicted molar refractivity (Wildman–Crippen MR) is 139 cm³/mol. The minimum absolute atomic E-state index is 1.15. The van der Waals surface area contributed by atoms with Crippen LogP contribution >= 0.6 is 0 Å². The van der Waals surface area contributed by atoms with Crippen LogP contribution < -0.4 is 0 Å². The van der Waals surface area contributed by atoms with E-state index in [1.54, 1.807) is 116 Å². The Balaban J connectivity index is 1.07. The van der Waals surface area contributed by atoms with Gasteiger partial charge in [0.25, 0.3) is 0 Å². The molecule has 0 nitrogen and oxygen atoms in total. The van der Waals surface area contributed by atoms with E-state index in [0.29, 0.717) is 0 Å². The van der Waals surface area contributed by atoms with Crippen molar-refractivity contribution in [3.8, 4) is 0 Å². The third-order valence-electron chi connectivity index (χ3n) is 15.7. The summed E-state index contributed by atoms with van der Waals surface area (Å²) < 4.78 is 0. The Bertz CT molecular complexity index is 724. The van der Waals surface area contributed by atoms with Gasteiger partial charge < -0.3 is 0 Å². The van der Waals surface area contributed by atoms with E-state index in [-0.39, 0.29) is 0 Å². The van der Waals surface area contributed by atoms with Crippen LogP contribution in [-0.2, 0) is 0 Å². The first-order chi connectivity index (χ1) is 16.9. The smallest absolute Gasteiger partial charge is 0.0318 e. The minimum atomic E-state index is 1.15. The first-order valence-corrected chi connectivity index (χ1v) is 16.9. The number of hydrogen-bond donors (Lipinski definition) is 0. The Morgan fingerprint density at radius 1 is 0.235 bits per heavy atom. The molecule has 0 aromatic heterocycles. The molecule has 9 saturated carbocycles. The lowest BCUT2D eigenvalue weighted by molar-refractivity contribution is -0.217. The molecule has 34 heavy (non-hydrogen) atoms. The van der Waals surface area contributed by atoms with Gasteiger partial charge in [-0.25, -0.2) is 0 Å². The van der Waals surface area contributed by atoms with Crippen LogP contribution in [-0.4, -0.2) is 0 Å². The molecule has 0 spiro atoms. The zero-order valence-electron chi connectivity index (χ0n) is 22.0. The second-order valence-corrected chi connectivity index (χ2v) is 16.0. The molecule has 9 rings (SSSR count). The summed E-state index contributed by atoms with van der Waals surface area (Å²) in [7, 11) is 0. The highest BCUT2D eigenvalue weighted by molar-refractivity contribution is 5.14. The molecule has 9 aliphatic rings. The maximum atomic E-state index is 1.68. The van der Waals surface area contributed by atoms with Gasteiger partial charge in [-0.3, -0.25) is 0 Å². The summed E-state index contributed by atoms with van der Waals surface area (Å²) in [4.78, 5) is 0. The summed E-state index contributed by atoms with van der Waals surface area (Å²) in [6.07, 6.45) is 29.5. The first kappa shape index (κ1) is 21.0. The number of hydrogen-bond acceptors (Lipinski definition) is 0. The lowest BCUT2D eigenvalue weighted by Gasteiger charge is -2.70. The van der Waals surface area contributed by atoms with E-state index >= 15 is 0 Å². The van der Waals surface area contributed by atoms with Crippen LogP contribution in [0, 0.1) is 94.7 Å². The van der Waals surface area contributed by atoms with Gasteiger partial charge in [-0.05, 0) is 172 Å². The van der Waals surface area contributed by atoms with E-state index in [1.807, 2.05) is 0 Å². The second-order valence-electron chi connectivity index (χ2n) is 16.0. The highest BCUT2D eigenvalue weighted by Gasteiger charge is 2.65. The molecule has 0 saturated heterocycles. The van der Waals surface area contributed by atoms with Crippen molar-refractivity contribution in [2.45, 2.75) is 116 Å². The fourth-order valence-corrected chi connectivity index (χ4v) is 15.3. The van der Waals surface area contributed by atoms with Gasteiger partial charge in [0.2, 0.25) is 0 Å². The van der Waals surface area contributed by atoms with Crippen LogP contribution in [0.3, 0.4) is 0 Å². The lowest BCUT2D eigenvalue weighted by Crippen LogP contribution is -2.64. The Kier molecular flexibility index (Phi) is 4.79. The fourth-order valence-electron chi connectivity index (χ4n) is 15.3. The largest absolute Gasteiger partial charge is 0.0530 e. The normalized spacial score (nSPS) is 63.5. The SMILES string of the molecule is C1CCC2C(C1)CC1CCC3C4CCC5C6CCCCC6CC6CCC(C7CCC2C1C37)C4C65. The Hall–Kier alpha value is 0. The molecule has 0 aliphatic heterocycles. The van der Waals surface area contributed by atoms with Crippen LogP contribution in [0.5, 0.6) is 0 Å². The molecule has 16 unspecified atom stereocenters. The van der Waals surface area contributed by atoms with Crippen molar-refractivity contribution in [2.24, 2.45) is 94.7 Å². The summed E-state index contributed by atoms with van der Waals surface area (Å²) in [5.41, 5.74) is 0. The molecule has 9 fully saturated rings. The summed E-state index contributed by atoms with van der Waals surface area (Å²) >= 11 is 0. The second kappa shape index (κ2) is 7.76. The van der Waals surface area contributed by atoms with Crippen LogP contribution in [0.2, 0.25) is 0 Å². The molecule has 0 amide bonds. The van der Waals surface area contributed by atoms with Crippen molar-refractivity contribution in [3.05, 3.63) is 0 Å². The van der Waals surface area contributed by atoms with E-state index < -0.39 is 0 Å². The fraction of sp³-hybridized carbons (Fsp3) is 1.00. The van der Waals surface area contributed by atoms with Gasteiger partial charge in [0.1, 0.15) is 0 Å². The standard InChI is InChI=1S/C34H52/c1-3-7-23-19(5-1)17-21-9-11-27-30-16-14-26-24-8-4-2-6-20(24)18-22-10-12-28(34(30)32(22)26)29-15-13-25(23)31(21)33(27)29/h19-34H,1-18H2. The maximum Gasteiger partial charge on any atom is -0.0318 e. The summed E-state index contributed by atoms with van der Waals surface area (Å²) in [6.45, 7) is 0. The molecular weight excluding hydrogens is 408 g/mol. The Labute approximate surface area is 210 Å². The van der Waals surface area contributed by atoms with Crippen LogP contribution in [0.25, 0.3) is 0 Å². The number of rotatable bonds is 0. The first-order valence-electron chi connectivity index (χ1n) is 16.9. The zero-order chi connectivity index (χ0) is 22.0. The van der Waals surface area contributed by atoms with E-state index in [9.17, 15) is 0 Å². The monoisotopic (exact) mass is 460 g/mol. The molecule has 0 aromatic rings. The Morgan fingerprint density at radius 2 is 0.588 bits per heavy atom. The van der Waals surface area contributed by atoms with Crippen LogP contribution in [0.1, 0.15) is 116 Å². The molecule has 0 radical (unpaired) electrons. The van der Waals surface area contributed by atoms with Gasteiger partial charge in [0.05, 0.1) is 0 Å². The summed E-state index contributed by atoms with van der Waals surface area (Å²) in [6, 6.07) is 0. The van der Waals surface area contributed by atoms with Crippen molar-refractivity contribution in [3.63, 3.8) is 0 Å². The molecule has 0 bridgehead atoms.